The van der Waals surface area contributed by atoms with Gasteiger partial charge in [-0.1, -0.05) is 23.5 Å². The van der Waals surface area contributed by atoms with E-state index in [2.05, 4.69) is 9.72 Å². The molecule has 3 heterocycles. The molecule has 2 aromatic heterocycles. The van der Waals surface area contributed by atoms with Gasteiger partial charge in [0.15, 0.2) is 0 Å². The van der Waals surface area contributed by atoms with Crippen molar-refractivity contribution >= 4 is 39.3 Å². The van der Waals surface area contributed by atoms with E-state index in [9.17, 15) is 19.2 Å². The molecule has 0 N–H and O–H groups in total. The number of nitrogens with zero attached hydrogens (tertiary/aromatic N) is 4. The molecule has 0 atom stereocenters. The number of para-hydroxylation sites is 1. The van der Waals surface area contributed by atoms with Crippen molar-refractivity contribution in [1.29, 1.82) is 0 Å². The van der Waals surface area contributed by atoms with Crippen molar-refractivity contribution < 1.29 is 19.1 Å². The molecule has 1 aliphatic heterocycles. The average Bonchev–Trinajstić information content (AvgIpc) is 3.38. The Labute approximate surface area is 175 Å². The molecule has 1 aliphatic rings. The average molecular weight is 426 g/mol. The minimum Gasteiger partial charge on any atom is -0.465 e. The van der Waals surface area contributed by atoms with Gasteiger partial charge in [-0.15, -0.1) is 0 Å². The Morgan fingerprint density at radius 1 is 1.10 bits per heavy atom. The summed E-state index contributed by atoms with van der Waals surface area (Å²) in [5.41, 5.74) is 1.03. The van der Waals surface area contributed by atoms with Crippen molar-refractivity contribution in [2.75, 3.05) is 20.2 Å². The first-order valence-electron chi connectivity index (χ1n) is 9.24. The number of aromatic nitrogens is 2. The number of thiazole rings is 1. The number of pyridine rings is 1. The summed E-state index contributed by atoms with van der Waals surface area (Å²) >= 11 is 1.08. The van der Waals surface area contributed by atoms with E-state index in [1.54, 1.807) is 6.07 Å². The van der Waals surface area contributed by atoms with Crippen molar-refractivity contribution in [2.24, 2.45) is 0 Å². The second-order valence-electron chi connectivity index (χ2n) is 6.64. The van der Waals surface area contributed by atoms with Gasteiger partial charge in [-0.2, -0.15) is 0 Å². The summed E-state index contributed by atoms with van der Waals surface area (Å²) in [6.07, 6.45) is 1.88. The normalized spacial score (nSPS) is 13.6. The van der Waals surface area contributed by atoms with Gasteiger partial charge in [0.25, 0.3) is 11.8 Å². The monoisotopic (exact) mass is 426 g/mol. The van der Waals surface area contributed by atoms with Gasteiger partial charge in [0.1, 0.15) is 12.2 Å². The van der Waals surface area contributed by atoms with Crippen LogP contribution in [0.5, 0.6) is 0 Å². The smallest absolute Gasteiger partial charge is 0.339 e. The number of amides is 2. The lowest BCUT2D eigenvalue weighted by molar-refractivity contribution is -0.141. The highest BCUT2D eigenvalue weighted by atomic mass is 32.1. The number of benzene rings is 1. The number of carbonyl (C=O) groups excluding carboxylic acids is 3. The van der Waals surface area contributed by atoms with E-state index >= 15 is 0 Å². The fourth-order valence-electron chi connectivity index (χ4n) is 3.35. The van der Waals surface area contributed by atoms with Crippen LogP contribution in [0.1, 0.15) is 27.3 Å². The quantitative estimate of drug-likeness (QED) is 0.587. The Kier molecular flexibility index (Phi) is 5.32. The Balaban J connectivity index is 1.53. The van der Waals surface area contributed by atoms with Gasteiger partial charge in [-0.25, -0.2) is 14.8 Å². The summed E-state index contributed by atoms with van der Waals surface area (Å²) in [5, 5.41) is 2.69. The molecule has 0 bridgehead atoms. The molecule has 2 amide bonds. The number of carbonyl (C=O) groups is 3. The fraction of sp³-hybridized carbons (Fsp3) is 0.250. The minimum absolute atomic E-state index is 0.112. The third kappa shape index (κ3) is 3.57. The van der Waals surface area contributed by atoms with Crippen LogP contribution in [-0.4, -0.2) is 57.6 Å². The summed E-state index contributed by atoms with van der Waals surface area (Å²) < 4.78 is 6.85. The summed E-state index contributed by atoms with van der Waals surface area (Å²) in [4.78, 5) is 53.5. The van der Waals surface area contributed by atoms with Crippen molar-refractivity contribution in [3.05, 3.63) is 63.5 Å². The van der Waals surface area contributed by atoms with Crippen LogP contribution < -0.4 is 4.87 Å². The zero-order valence-corrected chi connectivity index (χ0v) is 16.9. The van der Waals surface area contributed by atoms with Crippen molar-refractivity contribution in [3.63, 3.8) is 0 Å². The number of esters is 1. The molecular formula is C20H18N4O5S. The highest BCUT2D eigenvalue weighted by Gasteiger charge is 2.32. The van der Waals surface area contributed by atoms with Crippen LogP contribution in [0.15, 0.2) is 47.4 Å². The third-order valence-corrected chi connectivity index (χ3v) is 5.78. The molecule has 1 fully saturated rings. The van der Waals surface area contributed by atoms with Crippen LogP contribution in [0.4, 0.5) is 0 Å². The fourth-order valence-corrected chi connectivity index (χ4v) is 4.24. The molecule has 1 aromatic carbocycles. The molecule has 1 saturated heterocycles. The first kappa shape index (κ1) is 19.8. The Bertz CT molecular complexity index is 1180. The van der Waals surface area contributed by atoms with Gasteiger partial charge in [0.2, 0.25) is 0 Å². The lowest BCUT2D eigenvalue weighted by Gasteiger charge is -2.27. The molecule has 0 aliphatic carbocycles. The molecule has 10 heteroatoms. The zero-order chi connectivity index (χ0) is 21.3. The van der Waals surface area contributed by atoms with Gasteiger partial charge in [0, 0.05) is 19.3 Å². The molecule has 3 aromatic rings. The Hall–Kier alpha value is -3.53. The van der Waals surface area contributed by atoms with E-state index < -0.39 is 11.9 Å². The van der Waals surface area contributed by atoms with Crippen LogP contribution >= 0.6 is 11.3 Å². The SMILES string of the molecule is COC(=O)c1ccc(C(=O)N2CCCN2C(=O)Cn2c(=O)sc3ccccc32)nc1. The molecule has 0 saturated carbocycles. The van der Waals surface area contributed by atoms with Crippen LogP contribution in [0.3, 0.4) is 0 Å². The van der Waals surface area contributed by atoms with Crippen LogP contribution in [-0.2, 0) is 16.1 Å². The maximum absolute atomic E-state index is 12.9. The van der Waals surface area contributed by atoms with E-state index in [1.165, 1.54) is 40.0 Å². The predicted molar refractivity (Wildman–Crippen MR) is 109 cm³/mol. The molecule has 0 spiro atoms. The summed E-state index contributed by atoms with van der Waals surface area (Å²) in [6.45, 7) is 0.591. The van der Waals surface area contributed by atoms with Gasteiger partial charge in [-0.3, -0.25) is 23.9 Å². The number of hydrogen-bond acceptors (Lipinski definition) is 7. The summed E-state index contributed by atoms with van der Waals surface area (Å²) in [5.74, 6) is -1.34. The second kappa shape index (κ2) is 8.07. The lowest BCUT2D eigenvalue weighted by atomic mass is 10.2. The highest BCUT2D eigenvalue weighted by Crippen LogP contribution is 2.19. The lowest BCUT2D eigenvalue weighted by Crippen LogP contribution is -2.46. The number of hydrogen-bond donors (Lipinski definition) is 0. The molecule has 0 unspecified atom stereocenters. The molecular weight excluding hydrogens is 408 g/mol. The minimum atomic E-state index is -0.548. The Morgan fingerprint density at radius 2 is 1.87 bits per heavy atom. The van der Waals surface area contributed by atoms with E-state index in [-0.39, 0.29) is 28.6 Å². The number of rotatable bonds is 4. The Morgan fingerprint density at radius 3 is 2.60 bits per heavy atom. The third-order valence-electron chi connectivity index (χ3n) is 4.82. The first-order valence-corrected chi connectivity index (χ1v) is 10.1. The van der Waals surface area contributed by atoms with Gasteiger partial charge in [-0.05, 0) is 30.7 Å². The highest BCUT2D eigenvalue weighted by molar-refractivity contribution is 7.16. The van der Waals surface area contributed by atoms with Crippen molar-refractivity contribution in [1.82, 2.24) is 19.6 Å². The van der Waals surface area contributed by atoms with Crippen LogP contribution in [0, 0.1) is 0 Å². The number of fused-ring (bicyclic) bond motifs is 1. The summed E-state index contributed by atoms with van der Waals surface area (Å²) in [7, 11) is 1.26. The van der Waals surface area contributed by atoms with Gasteiger partial charge < -0.3 is 4.74 Å². The first-order chi connectivity index (χ1) is 14.5. The standard InChI is InChI=1S/C20H18N4O5S/c1-29-19(27)13-7-8-14(21-11-13)18(26)24-10-4-9-23(24)17(25)12-22-15-5-2-3-6-16(15)30-20(22)28/h2-3,5-8,11H,4,9-10,12H2,1H3. The molecule has 30 heavy (non-hydrogen) atoms. The molecule has 154 valence electrons. The van der Waals surface area contributed by atoms with Crippen LogP contribution in [0.2, 0.25) is 0 Å². The zero-order valence-electron chi connectivity index (χ0n) is 16.1. The van der Waals surface area contributed by atoms with E-state index in [0.29, 0.717) is 25.0 Å². The maximum Gasteiger partial charge on any atom is 0.339 e. The number of hydrazine groups is 1. The number of ether oxygens (including phenoxy) is 1. The summed E-state index contributed by atoms with van der Waals surface area (Å²) in [6, 6.07) is 10.1. The largest absolute Gasteiger partial charge is 0.465 e. The number of methoxy groups -OCH3 is 1. The van der Waals surface area contributed by atoms with E-state index in [4.69, 9.17) is 0 Å². The van der Waals surface area contributed by atoms with E-state index in [0.717, 1.165) is 16.0 Å². The molecule has 0 radical (unpaired) electrons. The maximum atomic E-state index is 12.9. The predicted octanol–water partition coefficient (Wildman–Crippen LogP) is 1.53. The topological polar surface area (TPSA) is 102 Å². The molecule has 4 rings (SSSR count). The molecule has 9 nitrogen and oxygen atoms in total. The second-order valence-corrected chi connectivity index (χ2v) is 7.64. The van der Waals surface area contributed by atoms with Crippen molar-refractivity contribution in [3.8, 4) is 0 Å². The van der Waals surface area contributed by atoms with Crippen molar-refractivity contribution in [2.45, 2.75) is 13.0 Å². The van der Waals surface area contributed by atoms with E-state index in [1.807, 2.05) is 18.2 Å². The van der Waals surface area contributed by atoms with Gasteiger partial charge in [0.05, 0.1) is 22.9 Å². The van der Waals surface area contributed by atoms with Crippen LogP contribution in [0.25, 0.3) is 10.2 Å². The van der Waals surface area contributed by atoms with Gasteiger partial charge >= 0.3 is 10.8 Å².